The van der Waals surface area contributed by atoms with E-state index in [9.17, 15) is 35.4 Å². The third-order valence-electron chi connectivity index (χ3n) is 10.7. The van der Waals surface area contributed by atoms with Crippen LogP contribution in [0.3, 0.4) is 0 Å². The second-order valence-corrected chi connectivity index (χ2v) is 12.7. The first-order valence-electron chi connectivity index (χ1n) is 13.1. The molecule has 3 saturated carbocycles. The van der Waals surface area contributed by atoms with Crippen molar-refractivity contribution >= 4 is 5.78 Å². The van der Waals surface area contributed by atoms with E-state index in [1.807, 2.05) is 20.8 Å². The Balaban J connectivity index is 1.65. The number of aliphatic hydroxyl groups excluding tert-OH is 4. The Morgan fingerprint density at radius 1 is 1.12 bits per heavy atom. The summed E-state index contributed by atoms with van der Waals surface area (Å²) < 4.78 is 0. The Kier molecular flexibility index (Phi) is 6.66. The molecule has 0 unspecified atom stereocenters. The summed E-state index contributed by atoms with van der Waals surface area (Å²) in [4.78, 5) is 13.3. The topological polar surface area (TPSA) is 138 Å². The van der Waals surface area contributed by atoms with E-state index in [2.05, 4.69) is 0 Å². The van der Waals surface area contributed by atoms with Gasteiger partial charge in [0, 0.05) is 17.9 Å². The van der Waals surface area contributed by atoms with Gasteiger partial charge in [0.15, 0.2) is 5.78 Å². The molecule has 0 aliphatic heterocycles. The van der Waals surface area contributed by atoms with E-state index in [0.717, 1.165) is 12.0 Å². The average Bonchev–Trinajstić information content (AvgIpc) is 3.06. The molecule has 0 aromatic heterocycles. The minimum atomic E-state index is -1.42. The van der Waals surface area contributed by atoms with Crippen LogP contribution in [0.25, 0.3) is 0 Å². The average molecular weight is 481 g/mol. The standard InChI is InChI=1S/C27H44O7/c1-15(14-28)5-6-23(32)26(4,33)22-8-10-27(34)17-11-19(29)18-12-20(30)21(31)13-24(18,2)16(17)7-9-25(22,27)3/h11,15-16,18,20-23,28,30-34H,5-10,12-14H2,1-4H3/t15-,16-,18-,20+,21-,22+,23+,24-,25-,26+,27+/m0/s1. The first kappa shape index (κ1) is 26.2. The molecule has 0 heterocycles. The fraction of sp³-hybridized carbons (Fsp3) is 0.889. The van der Waals surface area contributed by atoms with E-state index in [-0.39, 0.29) is 42.5 Å². The van der Waals surface area contributed by atoms with Crippen molar-refractivity contribution in [3.05, 3.63) is 11.6 Å². The Hall–Kier alpha value is -0.830. The van der Waals surface area contributed by atoms with Crippen LogP contribution < -0.4 is 0 Å². The van der Waals surface area contributed by atoms with Crippen LogP contribution in [0.15, 0.2) is 11.6 Å². The lowest BCUT2D eigenvalue weighted by Gasteiger charge is -2.60. The van der Waals surface area contributed by atoms with Crippen LogP contribution in [0, 0.1) is 34.5 Å². The molecule has 3 fully saturated rings. The van der Waals surface area contributed by atoms with Crippen LogP contribution in [0.2, 0.25) is 0 Å². The molecule has 7 nitrogen and oxygen atoms in total. The van der Waals surface area contributed by atoms with E-state index in [1.54, 1.807) is 13.0 Å². The largest absolute Gasteiger partial charge is 0.396 e. The first-order valence-corrected chi connectivity index (χ1v) is 13.1. The Morgan fingerprint density at radius 2 is 1.79 bits per heavy atom. The lowest BCUT2D eigenvalue weighted by Crippen LogP contribution is -2.62. The summed E-state index contributed by atoms with van der Waals surface area (Å²) in [6, 6.07) is 0. The van der Waals surface area contributed by atoms with Gasteiger partial charge in [-0.15, -0.1) is 0 Å². The van der Waals surface area contributed by atoms with E-state index >= 15 is 0 Å². The normalized spacial score (nSPS) is 47.6. The highest BCUT2D eigenvalue weighted by Gasteiger charge is 2.69. The molecule has 11 atom stereocenters. The zero-order valence-corrected chi connectivity index (χ0v) is 21.1. The molecule has 34 heavy (non-hydrogen) atoms. The van der Waals surface area contributed by atoms with E-state index in [1.165, 1.54) is 0 Å². The van der Waals surface area contributed by atoms with Crippen molar-refractivity contribution in [2.45, 2.75) is 109 Å². The maximum Gasteiger partial charge on any atom is 0.159 e. The van der Waals surface area contributed by atoms with E-state index in [4.69, 9.17) is 0 Å². The molecule has 194 valence electrons. The number of hydrogen-bond acceptors (Lipinski definition) is 7. The molecule has 0 bridgehead atoms. The van der Waals surface area contributed by atoms with Crippen LogP contribution in [0.4, 0.5) is 0 Å². The van der Waals surface area contributed by atoms with Crippen LogP contribution in [-0.2, 0) is 4.79 Å². The van der Waals surface area contributed by atoms with Crippen LogP contribution in [0.1, 0.15) is 79.1 Å². The number of carbonyl (C=O) groups excluding carboxylic acids is 1. The summed E-state index contributed by atoms with van der Waals surface area (Å²) in [6.07, 6.45) is 2.65. The highest BCUT2D eigenvalue weighted by atomic mass is 16.3. The second kappa shape index (κ2) is 8.63. The van der Waals surface area contributed by atoms with E-state index in [0.29, 0.717) is 38.5 Å². The van der Waals surface area contributed by atoms with Gasteiger partial charge in [0.1, 0.15) is 0 Å². The van der Waals surface area contributed by atoms with Crippen molar-refractivity contribution in [3.8, 4) is 0 Å². The van der Waals surface area contributed by atoms with Gasteiger partial charge in [0.25, 0.3) is 0 Å². The quantitative estimate of drug-likeness (QED) is 0.340. The van der Waals surface area contributed by atoms with Gasteiger partial charge in [-0.05, 0) is 93.1 Å². The molecule has 7 heteroatoms. The first-order chi connectivity index (χ1) is 15.7. The van der Waals surface area contributed by atoms with Gasteiger partial charge in [-0.2, -0.15) is 0 Å². The molecule has 0 amide bonds. The monoisotopic (exact) mass is 480 g/mol. The maximum atomic E-state index is 13.3. The Labute approximate surface area is 202 Å². The summed E-state index contributed by atoms with van der Waals surface area (Å²) >= 11 is 0. The van der Waals surface area contributed by atoms with Crippen molar-refractivity contribution < 1.29 is 35.4 Å². The van der Waals surface area contributed by atoms with Crippen molar-refractivity contribution in [2.75, 3.05) is 6.61 Å². The number of carbonyl (C=O) groups is 1. The second-order valence-electron chi connectivity index (χ2n) is 12.7. The third kappa shape index (κ3) is 3.65. The number of aliphatic hydroxyl groups is 6. The summed E-state index contributed by atoms with van der Waals surface area (Å²) in [5.41, 5.74) is -3.21. The fourth-order valence-corrected chi connectivity index (χ4v) is 8.37. The number of allylic oxidation sites excluding steroid dienone is 1. The lowest BCUT2D eigenvalue weighted by molar-refractivity contribution is -0.176. The zero-order chi connectivity index (χ0) is 25.3. The molecular formula is C27H44O7. The molecule has 4 aliphatic carbocycles. The highest BCUT2D eigenvalue weighted by Crippen LogP contribution is 2.68. The smallest absolute Gasteiger partial charge is 0.159 e. The van der Waals surface area contributed by atoms with Gasteiger partial charge in [0.2, 0.25) is 0 Å². The van der Waals surface area contributed by atoms with Crippen molar-refractivity contribution in [1.82, 2.24) is 0 Å². The minimum absolute atomic E-state index is 0.0326. The van der Waals surface area contributed by atoms with Crippen LogP contribution in [0.5, 0.6) is 0 Å². The molecule has 0 aromatic rings. The van der Waals surface area contributed by atoms with Gasteiger partial charge in [0.05, 0.1) is 29.5 Å². The van der Waals surface area contributed by atoms with Gasteiger partial charge in [-0.25, -0.2) is 0 Å². The van der Waals surface area contributed by atoms with Gasteiger partial charge in [-0.1, -0.05) is 20.8 Å². The molecule has 6 N–H and O–H groups in total. The van der Waals surface area contributed by atoms with Gasteiger partial charge >= 0.3 is 0 Å². The van der Waals surface area contributed by atoms with Crippen LogP contribution in [-0.4, -0.2) is 72.5 Å². The minimum Gasteiger partial charge on any atom is -0.396 e. The zero-order valence-electron chi connectivity index (χ0n) is 21.1. The van der Waals surface area contributed by atoms with Crippen molar-refractivity contribution in [2.24, 2.45) is 34.5 Å². The molecule has 0 saturated heterocycles. The van der Waals surface area contributed by atoms with Crippen LogP contribution >= 0.6 is 0 Å². The summed E-state index contributed by atoms with van der Waals surface area (Å²) in [5, 5.41) is 64.7. The maximum absolute atomic E-state index is 13.3. The predicted octanol–water partition coefficient (Wildman–Crippen LogP) is 1.71. The van der Waals surface area contributed by atoms with Crippen molar-refractivity contribution in [3.63, 3.8) is 0 Å². The molecule has 4 rings (SSSR count). The predicted molar refractivity (Wildman–Crippen MR) is 127 cm³/mol. The SMILES string of the molecule is C[C@H](CO)CC[C@@H](O)[C@](C)(O)[C@@H]1CC[C@@]2(O)C3=CC(=O)[C@@H]4C[C@@H](O)[C@@H](O)C[C@@]4(C)[C@H]3CC[C@@]12C. The van der Waals surface area contributed by atoms with Crippen molar-refractivity contribution in [1.29, 1.82) is 0 Å². The fourth-order valence-electron chi connectivity index (χ4n) is 8.37. The van der Waals surface area contributed by atoms with Gasteiger partial charge in [-0.3, -0.25) is 4.79 Å². The summed E-state index contributed by atoms with van der Waals surface area (Å²) in [7, 11) is 0. The third-order valence-corrected chi connectivity index (χ3v) is 10.7. The highest BCUT2D eigenvalue weighted by molar-refractivity contribution is 5.95. The Morgan fingerprint density at radius 3 is 2.44 bits per heavy atom. The molecule has 4 aliphatic rings. The molecule has 0 radical (unpaired) electrons. The number of rotatable bonds is 6. The number of fused-ring (bicyclic) bond motifs is 5. The summed E-state index contributed by atoms with van der Waals surface area (Å²) in [6.45, 7) is 7.59. The summed E-state index contributed by atoms with van der Waals surface area (Å²) in [5.74, 6) is -0.859. The molecule has 0 spiro atoms. The van der Waals surface area contributed by atoms with E-state index < -0.39 is 40.3 Å². The Bertz CT molecular complexity index is 839. The number of hydrogen-bond donors (Lipinski definition) is 6. The lowest BCUT2D eigenvalue weighted by atomic mass is 9.45. The molecular weight excluding hydrogens is 436 g/mol. The molecule has 0 aromatic carbocycles. The number of ketones is 1. The van der Waals surface area contributed by atoms with Gasteiger partial charge < -0.3 is 30.6 Å².